The molecule has 0 aliphatic carbocycles. The van der Waals surface area contributed by atoms with E-state index in [9.17, 15) is 4.79 Å². The van der Waals surface area contributed by atoms with Gasteiger partial charge in [-0.25, -0.2) is 9.99 Å². The minimum atomic E-state index is -0.178. The average Bonchev–Trinajstić information content (AvgIpc) is 3.11. The van der Waals surface area contributed by atoms with Crippen LogP contribution >= 0.6 is 0 Å². The topological polar surface area (TPSA) is 71.6 Å². The van der Waals surface area contributed by atoms with Crippen molar-refractivity contribution >= 4 is 17.8 Å². The number of anilines is 1. The molecule has 3 aromatic rings. The van der Waals surface area contributed by atoms with Crippen molar-refractivity contribution in [3.8, 4) is 11.3 Å². The van der Waals surface area contributed by atoms with Gasteiger partial charge in [-0.3, -0.25) is 9.78 Å². The first-order valence-electron chi connectivity index (χ1n) is 6.97. The molecule has 0 atom stereocenters. The Morgan fingerprint density at radius 2 is 1.87 bits per heavy atom. The summed E-state index contributed by atoms with van der Waals surface area (Å²) >= 11 is 0. The molecular formula is C17H14N4O2. The maximum atomic E-state index is 11.9. The fourth-order valence-corrected chi connectivity index (χ4v) is 2.03. The van der Waals surface area contributed by atoms with Gasteiger partial charge in [-0.2, -0.15) is 5.10 Å². The summed E-state index contributed by atoms with van der Waals surface area (Å²) in [5.41, 5.74) is 2.42. The molecule has 0 fully saturated rings. The number of hydrogen-bond acceptors (Lipinski definition) is 5. The van der Waals surface area contributed by atoms with Gasteiger partial charge < -0.3 is 4.42 Å². The Morgan fingerprint density at radius 3 is 2.48 bits per heavy atom. The number of pyridine rings is 1. The second-order valence-electron chi connectivity index (χ2n) is 4.77. The Hall–Kier alpha value is -3.28. The van der Waals surface area contributed by atoms with Crippen molar-refractivity contribution in [3.05, 3.63) is 66.9 Å². The van der Waals surface area contributed by atoms with E-state index in [1.807, 2.05) is 36.4 Å². The van der Waals surface area contributed by atoms with E-state index in [-0.39, 0.29) is 5.91 Å². The molecule has 0 spiro atoms. The van der Waals surface area contributed by atoms with E-state index in [0.29, 0.717) is 11.4 Å². The smallest absolute Gasteiger partial charge is 0.244 e. The highest BCUT2D eigenvalue weighted by atomic mass is 16.3. The Labute approximate surface area is 133 Å². The quantitative estimate of drug-likeness (QED) is 0.548. The number of rotatable bonds is 4. The predicted octanol–water partition coefficient (Wildman–Crippen LogP) is 3.12. The number of aromatic nitrogens is 2. The number of benzene rings is 1. The van der Waals surface area contributed by atoms with Crippen LogP contribution in [0, 0.1) is 0 Å². The summed E-state index contributed by atoms with van der Waals surface area (Å²) in [5.74, 6) is 0.494. The minimum Gasteiger partial charge on any atom is -0.444 e. The molecule has 23 heavy (non-hydrogen) atoms. The second kappa shape index (κ2) is 6.65. The van der Waals surface area contributed by atoms with Crippen molar-refractivity contribution in [2.45, 2.75) is 6.92 Å². The maximum absolute atomic E-state index is 11.9. The molecule has 0 unspecified atom stereocenters. The molecular weight excluding hydrogens is 292 g/mol. The number of nitrogens with zero attached hydrogens (tertiary/aromatic N) is 4. The molecule has 2 heterocycles. The molecule has 0 N–H and O–H groups in total. The molecule has 1 amide bonds. The van der Waals surface area contributed by atoms with E-state index in [0.717, 1.165) is 11.1 Å². The van der Waals surface area contributed by atoms with Crippen molar-refractivity contribution in [2.75, 3.05) is 5.01 Å². The van der Waals surface area contributed by atoms with Gasteiger partial charge in [0.1, 0.15) is 0 Å². The van der Waals surface area contributed by atoms with Crippen LogP contribution in [-0.4, -0.2) is 22.1 Å². The zero-order valence-corrected chi connectivity index (χ0v) is 12.5. The van der Waals surface area contributed by atoms with Crippen LogP contribution in [0.2, 0.25) is 0 Å². The van der Waals surface area contributed by atoms with Crippen molar-refractivity contribution < 1.29 is 9.21 Å². The lowest BCUT2D eigenvalue weighted by molar-refractivity contribution is -0.116. The molecule has 114 valence electrons. The summed E-state index contributed by atoms with van der Waals surface area (Å²) in [7, 11) is 0. The van der Waals surface area contributed by atoms with E-state index in [1.165, 1.54) is 18.3 Å². The second-order valence-corrected chi connectivity index (χ2v) is 4.77. The van der Waals surface area contributed by atoms with Crippen LogP contribution in [-0.2, 0) is 4.79 Å². The first-order chi connectivity index (χ1) is 11.2. The largest absolute Gasteiger partial charge is 0.444 e. The van der Waals surface area contributed by atoms with Gasteiger partial charge in [0.25, 0.3) is 0 Å². The van der Waals surface area contributed by atoms with Crippen LogP contribution in [0.15, 0.2) is 70.9 Å². The van der Waals surface area contributed by atoms with Crippen LogP contribution in [0.4, 0.5) is 5.69 Å². The zero-order chi connectivity index (χ0) is 16.1. The van der Waals surface area contributed by atoms with Gasteiger partial charge in [0.2, 0.25) is 5.91 Å². The molecule has 6 nitrogen and oxygen atoms in total. The SMILES string of the molecule is CC(=O)N(N=Cc1ccncc1)c1ccc(-c2cnco2)cc1. The normalized spacial score (nSPS) is 10.8. The Balaban J connectivity index is 1.84. The molecule has 2 aromatic heterocycles. The van der Waals surface area contributed by atoms with E-state index in [1.54, 1.807) is 24.8 Å². The van der Waals surface area contributed by atoms with Gasteiger partial charge in [0, 0.05) is 24.9 Å². The van der Waals surface area contributed by atoms with Crippen LogP contribution in [0.3, 0.4) is 0 Å². The van der Waals surface area contributed by atoms with Crippen LogP contribution < -0.4 is 5.01 Å². The first kappa shape index (κ1) is 14.6. The van der Waals surface area contributed by atoms with Gasteiger partial charge in [-0.05, 0) is 42.0 Å². The van der Waals surface area contributed by atoms with Crippen LogP contribution in [0.5, 0.6) is 0 Å². The van der Waals surface area contributed by atoms with E-state index in [4.69, 9.17) is 4.42 Å². The van der Waals surface area contributed by atoms with E-state index in [2.05, 4.69) is 15.1 Å². The third-order valence-corrected chi connectivity index (χ3v) is 3.16. The Kier molecular flexibility index (Phi) is 4.24. The number of amides is 1. The minimum absolute atomic E-state index is 0.178. The molecule has 0 bridgehead atoms. The van der Waals surface area contributed by atoms with Gasteiger partial charge in [0.15, 0.2) is 12.2 Å². The summed E-state index contributed by atoms with van der Waals surface area (Å²) < 4.78 is 5.25. The standard InChI is InChI=1S/C17H14N4O2/c1-13(22)21(20-10-14-6-8-18-9-7-14)16-4-2-15(3-5-16)17-11-19-12-23-17/h2-12H,1H3. The number of carbonyl (C=O) groups excluding carboxylic acids is 1. The van der Waals surface area contributed by atoms with Gasteiger partial charge in [0.05, 0.1) is 18.1 Å². The lowest BCUT2D eigenvalue weighted by Crippen LogP contribution is -2.22. The fourth-order valence-electron chi connectivity index (χ4n) is 2.03. The fraction of sp³-hybridized carbons (Fsp3) is 0.0588. The molecule has 1 aromatic carbocycles. The lowest BCUT2D eigenvalue weighted by Gasteiger charge is -2.15. The summed E-state index contributed by atoms with van der Waals surface area (Å²) in [6, 6.07) is 11.0. The lowest BCUT2D eigenvalue weighted by atomic mass is 10.1. The molecule has 0 saturated carbocycles. The summed E-state index contributed by atoms with van der Waals surface area (Å²) in [4.78, 5) is 19.7. The van der Waals surface area contributed by atoms with E-state index < -0.39 is 0 Å². The highest BCUT2D eigenvalue weighted by Gasteiger charge is 2.10. The third kappa shape index (κ3) is 3.49. The highest BCUT2D eigenvalue weighted by Crippen LogP contribution is 2.23. The maximum Gasteiger partial charge on any atom is 0.244 e. The molecule has 6 heteroatoms. The molecule has 0 aliphatic heterocycles. The number of hydrazone groups is 1. The molecule has 0 aliphatic rings. The van der Waals surface area contributed by atoms with Crippen molar-refractivity contribution in [2.24, 2.45) is 5.10 Å². The number of carbonyl (C=O) groups is 1. The first-order valence-corrected chi connectivity index (χ1v) is 6.97. The van der Waals surface area contributed by atoms with Crippen molar-refractivity contribution in [3.63, 3.8) is 0 Å². The van der Waals surface area contributed by atoms with Gasteiger partial charge in [-0.15, -0.1) is 0 Å². The predicted molar refractivity (Wildman–Crippen MR) is 86.9 cm³/mol. The molecule has 0 saturated heterocycles. The molecule has 3 rings (SSSR count). The highest BCUT2D eigenvalue weighted by molar-refractivity contribution is 5.93. The monoisotopic (exact) mass is 306 g/mol. The van der Waals surface area contributed by atoms with Gasteiger partial charge >= 0.3 is 0 Å². The Morgan fingerprint density at radius 1 is 1.13 bits per heavy atom. The van der Waals surface area contributed by atoms with E-state index >= 15 is 0 Å². The van der Waals surface area contributed by atoms with Crippen LogP contribution in [0.25, 0.3) is 11.3 Å². The van der Waals surface area contributed by atoms with Crippen LogP contribution in [0.1, 0.15) is 12.5 Å². The number of hydrogen-bond donors (Lipinski definition) is 0. The summed E-state index contributed by atoms with van der Waals surface area (Å²) in [6.07, 6.45) is 7.98. The van der Waals surface area contributed by atoms with Crippen molar-refractivity contribution in [1.29, 1.82) is 0 Å². The van der Waals surface area contributed by atoms with Crippen molar-refractivity contribution in [1.82, 2.24) is 9.97 Å². The number of oxazole rings is 1. The summed E-state index contributed by atoms with van der Waals surface area (Å²) in [6.45, 7) is 1.47. The van der Waals surface area contributed by atoms with Gasteiger partial charge in [-0.1, -0.05) is 0 Å². The average molecular weight is 306 g/mol. The zero-order valence-electron chi connectivity index (χ0n) is 12.5. The Bertz CT molecular complexity index is 796. The summed E-state index contributed by atoms with van der Waals surface area (Å²) in [5, 5.41) is 5.59. The third-order valence-electron chi connectivity index (χ3n) is 3.16. The molecule has 0 radical (unpaired) electrons.